The minimum absolute atomic E-state index is 0.0101. The van der Waals surface area contributed by atoms with Gasteiger partial charge >= 0.3 is 5.97 Å². The number of benzene rings is 1. The van der Waals surface area contributed by atoms with E-state index in [-0.39, 0.29) is 18.0 Å². The molecule has 0 radical (unpaired) electrons. The summed E-state index contributed by atoms with van der Waals surface area (Å²) in [7, 11) is -3.64. The highest BCUT2D eigenvalue weighted by Gasteiger charge is 2.44. The Morgan fingerprint density at radius 2 is 2.10 bits per heavy atom. The molecule has 2 rings (SSSR count). The zero-order valence-corrected chi connectivity index (χ0v) is 13.7. The number of hydrogen-bond donors (Lipinski definition) is 1. The Bertz CT molecular complexity index is 658. The van der Waals surface area contributed by atoms with Crippen molar-refractivity contribution in [2.24, 2.45) is 5.41 Å². The molecule has 1 aliphatic rings. The standard InChI is InChI=1S/C13H16BrNO4S/c1-9-3-4-10(7-11(9)14)20(18,19)15-6-5-13(2,8-15)12(16)17/h3-4,7H,5-6,8H2,1-2H3,(H,16,17). The highest BCUT2D eigenvalue weighted by Crippen LogP contribution is 2.34. The fourth-order valence-corrected chi connectivity index (χ4v) is 4.30. The summed E-state index contributed by atoms with van der Waals surface area (Å²) in [5.41, 5.74) is -0.0598. The van der Waals surface area contributed by atoms with Gasteiger partial charge in [-0.3, -0.25) is 4.79 Å². The number of sulfonamides is 1. The summed E-state index contributed by atoms with van der Waals surface area (Å²) in [6, 6.07) is 4.83. The van der Waals surface area contributed by atoms with Gasteiger partial charge in [-0.15, -0.1) is 0 Å². The Morgan fingerprint density at radius 3 is 2.60 bits per heavy atom. The molecule has 110 valence electrons. The van der Waals surface area contributed by atoms with Crippen molar-refractivity contribution in [1.82, 2.24) is 4.31 Å². The molecule has 0 saturated carbocycles. The summed E-state index contributed by atoms with van der Waals surface area (Å²) in [6.07, 6.45) is 0.328. The van der Waals surface area contributed by atoms with Crippen LogP contribution in [0.1, 0.15) is 18.9 Å². The number of hydrogen-bond acceptors (Lipinski definition) is 3. The molecule has 1 aromatic rings. The minimum atomic E-state index is -3.64. The first-order chi connectivity index (χ1) is 9.17. The zero-order valence-electron chi connectivity index (χ0n) is 11.3. The molecule has 5 nitrogen and oxygen atoms in total. The fraction of sp³-hybridized carbons (Fsp3) is 0.462. The summed E-state index contributed by atoms with van der Waals surface area (Å²) in [6.45, 7) is 3.69. The second kappa shape index (κ2) is 5.13. The molecular weight excluding hydrogens is 346 g/mol. The lowest BCUT2D eigenvalue weighted by Gasteiger charge is -2.20. The van der Waals surface area contributed by atoms with Crippen LogP contribution in [0.2, 0.25) is 0 Å². The molecule has 1 N–H and O–H groups in total. The molecule has 1 saturated heterocycles. The topological polar surface area (TPSA) is 74.7 Å². The lowest BCUT2D eigenvalue weighted by molar-refractivity contribution is -0.146. The van der Waals surface area contributed by atoms with Crippen molar-refractivity contribution in [2.75, 3.05) is 13.1 Å². The second-order valence-electron chi connectivity index (χ2n) is 5.37. The van der Waals surface area contributed by atoms with E-state index in [1.54, 1.807) is 25.1 Å². The quantitative estimate of drug-likeness (QED) is 0.895. The van der Waals surface area contributed by atoms with Gasteiger partial charge in [0, 0.05) is 17.6 Å². The van der Waals surface area contributed by atoms with Gasteiger partial charge in [0.1, 0.15) is 0 Å². The maximum atomic E-state index is 12.5. The van der Waals surface area contributed by atoms with Gasteiger partial charge < -0.3 is 5.11 Å². The predicted octanol–water partition coefficient (Wildman–Crippen LogP) is 2.24. The van der Waals surface area contributed by atoms with E-state index >= 15 is 0 Å². The van der Waals surface area contributed by atoms with Gasteiger partial charge in [-0.1, -0.05) is 22.0 Å². The monoisotopic (exact) mass is 361 g/mol. The number of halogens is 1. The van der Waals surface area contributed by atoms with Crippen molar-refractivity contribution >= 4 is 31.9 Å². The van der Waals surface area contributed by atoms with Crippen LogP contribution >= 0.6 is 15.9 Å². The zero-order chi connectivity index (χ0) is 15.1. The van der Waals surface area contributed by atoms with E-state index in [9.17, 15) is 18.3 Å². The van der Waals surface area contributed by atoms with Crippen molar-refractivity contribution in [1.29, 1.82) is 0 Å². The normalized spacial score (nSPS) is 23.9. The molecule has 1 fully saturated rings. The molecule has 1 atom stereocenters. The Balaban J connectivity index is 2.33. The van der Waals surface area contributed by atoms with Gasteiger partial charge in [-0.05, 0) is 38.0 Å². The van der Waals surface area contributed by atoms with Crippen molar-refractivity contribution in [3.63, 3.8) is 0 Å². The van der Waals surface area contributed by atoms with Crippen LogP contribution < -0.4 is 0 Å². The van der Waals surface area contributed by atoms with Gasteiger partial charge in [-0.25, -0.2) is 8.42 Å². The average molecular weight is 362 g/mol. The first-order valence-electron chi connectivity index (χ1n) is 6.16. The van der Waals surface area contributed by atoms with Crippen LogP contribution in [0.25, 0.3) is 0 Å². The van der Waals surface area contributed by atoms with E-state index in [1.807, 2.05) is 6.92 Å². The Labute approximate surface area is 126 Å². The lowest BCUT2D eigenvalue weighted by Crippen LogP contribution is -2.34. The predicted molar refractivity (Wildman–Crippen MR) is 78.0 cm³/mol. The van der Waals surface area contributed by atoms with Gasteiger partial charge in [0.2, 0.25) is 10.0 Å². The van der Waals surface area contributed by atoms with E-state index in [0.717, 1.165) is 10.0 Å². The van der Waals surface area contributed by atoms with Crippen LogP contribution in [-0.4, -0.2) is 36.9 Å². The number of carboxylic acid groups (broad SMARTS) is 1. The number of carbonyl (C=O) groups is 1. The van der Waals surface area contributed by atoms with Gasteiger partial charge in [0.25, 0.3) is 0 Å². The van der Waals surface area contributed by atoms with E-state index in [0.29, 0.717) is 6.42 Å². The van der Waals surface area contributed by atoms with Crippen LogP contribution in [0.5, 0.6) is 0 Å². The molecule has 20 heavy (non-hydrogen) atoms. The largest absolute Gasteiger partial charge is 0.481 e. The number of aryl methyl sites for hydroxylation is 1. The average Bonchev–Trinajstić information content (AvgIpc) is 2.77. The van der Waals surface area contributed by atoms with E-state index in [2.05, 4.69) is 15.9 Å². The molecule has 1 aliphatic heterocycles. The van der Waals surface area contributed by atoms with Crippen LogP contribution in [0.15, 0.2) is 27.6 Å². The first-order valence-corrected chi connectivity index (χ1v) is 8.40. The summed E-state index contributed by atoms with van der Waals surface area (Å²) < 4.78 is 27.0. The highest BCUT2D eigenvalue weighted by molar-refractivity contribution is 9.10. The summed E-state index contributed by atoms with van der Waals surface area (Å²) in [5, 5.41) is 9.18. The van der Waals surface area contributed by atoms with Crippen molar-refractivity contribution in [2.45, 2.75) is 25.2 Å². The van der Waals surface area contributed by atoms with Gasteiger partial charge in [-0.2, -0.15) is 4.31 Å². The van der Waals surface area contributed by atoms with Crippen LogP contribution in [-0.2, 0) is 14.8 Å². The van der Waals surface area contributed by atoms with E-state index < -0.39 is 21.4 Å². The smallest absolute Gasteiger partial charge is 0.310 e. The minimum Gasteiger partial charge on any atom is -0.481 e. The molecular formula is C13H16BrNO4S. The van der Waals surface area contributed by atoms with Crippen molar-refractivity contribution in [3.8, 4) is 0 Å². The van der Waals surface area contributed by atoms with Gasteiger partial charge in [0.05, 0.1) is 10.3 Å². The highest BCUT2D eigenvalue weighted by atomic mass is 79.9. The van der Waals surface area contributed by atoms with Crippen LogP contribution in [0, 0.1) is 12.3 Å². The molecule has 0 bridgehead atoms. The van der Waals surface area contributed by atoms with Gasteiger partial charge in [0.15, 0.2) is 0 Å². The van der Waals surface area contributed by atoms with E-state index in [4.69, 9.17) is 0 Å². The molecule has 1 unspecified atom stereocenters. The Hall–Kier alpha value is -0.920. The molecule has 0 amide bonds. The maximum Gasteiger partial charge on any atom is 0.310 e. The fourth-order valence-electron chi connectivity index (χ4n) is 2.18. The lowest BCUT2D eigenvalue weighted by atomic mass is 9.90. The van der Waals surface area contributed by atoms with E-state index in [1.165, 1.54) is 4.31 Å². The van der Waals surface area contributed by atoms with Crippen LogP contribution in [0.3, 0.4) is 0 Å². The van der Waals surface area contributed by atoms with Crippen molar-refractivity contribution in [3.05, 3.63) is 28.2 Å². The molecule has 0 spiro atoms. The summed E-state index contributed by atoms with van der Waals surface area (Å²) in [5.74, 6) is -0.958. The first kappa shape index (κ1) is 15.5. The second-order valence-corrected chi connectivity index (χ2v) is 8.16. The number of aliphatic carboxylic acids is 1. The molecule has 0 aliphatic carbocycles. The molecule has 1 heterocycles. The molecule has 1 aromatic carbocycles. The summed E-state index contributed by atoms with van der Waals surface area (Å²) in [4.78, 5) is 11.4. The Morgan fingerprint density at radius 1 is 1.45 bits per heavy atom. The molecule has 0 aromatic heterocycles. The third-order valence-corrected chi connectivity index (χ3v) is 6.43. The van der Waals surface area contributed by atoms with Crippen molar-refractivity contribution < 1.29 is 18.3 Å². The summed E-state index contributed by atoms with van der Waals surface area (Å²) >= 11 is 3.32. The number of nitrogens with zero attached hydrogens (tertiary/aromatic N) is 1. The SMILES string of the molecule is Cc1ccc(S(=O)(=O)N2CCC(C)(C(=O)O)C2)cc1Br. The Kier molecular flexibility index (Phi) is 3.96. The number of carboxylic acids is 1. The van der Waals surface area contributed by atoms with Crippen LogP contribution in [0.4, 0.5) is 0 Å². The third-order valence-electron chi connectivity index (χ3n) is 3.74. The molecule has 7 heteroatoms. The number of rotatable bonds is 3. The maximum absolute atomic E-state index is 12.5. The third kappa shape index (κ3) is 2.62.